The van der Waals surface area contributed by atoms with Crippen molar-refractivity contribution in [3.05, 3.63) is 95.1 Å². The molecule has 0 aromatic heterocycles. The highest BCUT2D eigenvalue weighted by Gasteiger charge is 2.08. The zero-order valence-corrected chi connectivity index (χ0v) is 19.2. The Bertz CT molecular complexity index is 1120. The number of terminal acetylenes is 1. The summed E-state index contributed by atoms with van der Waals surface area (Å²) in [5.41, 5.74) is 3.98. The fourth-order valence-electron chi connectivity index (χ4n) is 3.16. The van der Waals surface area contributed by atoms with Gasteiger partial charge < -0.3 is 19.6 Å². The van der Waals surface area contributed by atoms with E-state index in [1.54, 1.807) is 19.4 Å². The number of carbonyl (C=O) groups is 1. The van der Waals surface area contributed by atoms with Gasteiger partial charge in [-0.05, 0) is 40.8 Å². The van der Waals surface area contributed by atoms with Crippen LogP contribution in [-0.2, 0) is 29.2 Å². The minimum absolute atomic E-state index is 0.0217. The molecule has 1 amide bonds. The third-order valence-corrected chi connectivity index (χ3v) is 5.00. The van der Waals surface area contributed by atoms with Crippen LogP contribution >= 0.6 is 0 Å². The molecule has 6 heteroatoms. The highest BCUT2D eigenvalue weighted by molar-refractivity contribution is 5.79. The first-order chi connectivity index (χ1) is 16.7. The van der Waals surface area contributed by atoms with Gasteiger partial charge in [-0.25, -0.2) is 0 Å². The van der Waals surface area contributed by atoms with Crippen molar-refractivity contribution in [3.8, 4) is 23.8 Å². The number of carbonyl (C=O) groups excluding carboxylic acids is 1. The number of amides is 1. The molecular formula is C28H28N2O4. The summed E-state index contributed by atoms with van der Waals surface area (Å²) in [6.45, 7) is 1.06. The Kier molecular flexibility index (Phi) is 9.57. The van der Waals surface area contributed by atoms with Gasteiger partial charge in [0.1, 0.15) is 13.2 Å². The van der Waals surface area contributed by atoms with Crippen LogP contribution in [0, 0.1) is 12.3 Å². The maximum atomic E-state index is 12.3. The van der Waals surface area contributed by atoms with Crippen molar-refractivity contribution < 1.29 is 19.1 Å². The molecule has 0 saturated heterocycles. The smallest absolute Gasteiger partial charge is 0.220 e. The van der Waals surface area contributed by atoms with Crippen LogP contribution in [0.3, 0.4) is 0 Å². The number of ether oxygens (including phenoxy) is 2. The second-order valence-corrected chi connectivity index (χ2v) is 7.49. The second kappa shape index (κ2) is 13.3. The van der Waals surface area contributed by atoms with Gasteiger partial charge in [0.15, 0.2) is 11.5 Å². The van der Waals surface area contributed by atoms with Gasteiger partial charge in [0.25, 0.3) is 0 Å². The SMILES string of the molecule is C#CCOc1ccc(CCC(=O)NCc2ccc(C=NOCc3ccccc3)cc2)cc1OC. The van der Waals surface area contributed by atoms with Gasteiger partial charge in [0, 0.05) is 13.0 Å². The van der Waals surface area contributed by atoms with Gasteiger partial charge in [-0.3, -0.25) is 4.79 Å². The van der Waals surface area contributed by atoms with Crippen molar-refractivity contribution in [2.75, 3.05) is 13.7 Å². The van der Waals surface area contributed by atoms with Gasteiger partial charge in [-0.2, -0.15) is 0 Å². The van der Waals surface area contributed by atoms with E-state index in [1.807, 2.05) is 66.7 Å². The molecule has 0 heterocycles. The molecule has 0 aliphatic carbocycles. The van der Waals surface area contributed by atoms with E-state index in [4.69, 9.17) is 20.7 Å². The molecule has 0 radical (unpaired) electrons. The predicted octanol–water partition coefficient (Wildman–Crippen LogP) is 4.51. The number of benzene rings is 3. The summed E-state index contributed by atoms with van der Waals surface area (Å²) in [5, 5.41) is 6.96. The number of methoxy groups -OCH3 is 1. The van der Waals surface area contributed by atoms with Crippen LogP contribution in [0.2, 0.25) is 0 Å². The number of oxime groups is 1. The molecule has 34 heavy (non-hydrogen) atoms. The number of nitrogens with one attached hydrogen (secondary N) is 1. The monoisotopic (exact) mass is 456 g/mol. The van der Waals surface area contributed by atoms with Gasteiger partial charge in [0.2, 0.25) is 5.91 Å². The number of hydrogen-bond donors (Lipinski definition) is 1. The molecule has 1 N–H and O–H groups in total. The van der Waals surface area contributed by atoms with E-state index < -0.39 is 0 Å². The Morgan fingerprint density at radius 2 is 1.76 bits per heavy atom. The van der Waals surface area contributed by atoms with Crippen LogP contribution in [0.5, 0.6) is 11.5 Å². The summed E-state index contributed by atoms with van der Waals surface area (Å²) in [4.78, 5) is 17.6. The first-order valence-corrected chi connectivity index (χ1v) is 11.0. The fourth-order valence-corrected chi connectivity index (χ4v) is 3.16. The minimum atomic E-state index is -0.0217. The molecule has 3 rings (SSSR count). The van der Waals surface area contributed by atoms with E-state index in [2.05, 4.69) is 16.4 Å². The zero-order chi connectivity index (χ0) is 24.0. The maximum absolute atomic E-state index is 12.3. The zero-order valence-electron chi connectivity index (χ0n) is 19.2. The third kappa shape index (κ3) is 8.03. The first kappa shape index (κ1) is 24.4. The van der Waals surface area contributed by atoms with Crippen molar-refractivity contribution in [2.24, 2.45) is 5.16 Å². The number of nitrogens with zero attached hydrogens (tertiary/aromatic N) is 1. The molecular weight excluding hydrogens is 428 g/mol. The fraction of sp³-hybridized carbons (Fsp3) is 0.214. The summed E-state index contributed by atoms with van der Waals surface area (Å²) in [7, 11) is 1.57. The summed E-state index contributed by atoms with van der Waals surface area (Å²) in [6.07, 6.45) is 7.86. The normalized spacial score (nSPS) is 10.5. The standard InChI is InChI=1S/C28H28N2O4/c1-3-17-33-26-15-13-22(18-27(26)32-2)14-16-28(31)29-19-23-9-11-24(12-10-23)20-30-34-21-25-7-5-4-6-8-25/h1,4-13,15,18,20H,14,16-17,19,21H2,2H3,(H,29,31). The lowest BCUT2D eigenvalue weighted by atomic mass is 10.1. The van der Waals surface area contributed by atoms with Crippen LogP contribution in [-0.4, -0.2) is 25.8 Å². The second-order valence-electron chi connectivity index (χ2n) is 7.49. The molecule has 0 saturated carbocycles. The van der Waals surface area contributed by atoms with E-state index in [0.717, 1.165) is 22.3 Å². The predicted molar refractivity (Wildman–Crippen MR) is 133 cm³/mol. The molecule has 0 spiro atoms. The summed E-state index contributed by atoms with van der Waals surface area (Å²) in [5.74, 6) is 3.59. The van der Waals surface area contributed by atoms with Crippen LogP contribution in [0.4, 0.5) is 0 Å². The van der Waals surface area contributed by atoms with Crippen molar-refractivity contribution in [2.45, 2.75) is 26.0 Å². The van der Waals surface area contributed by atoms with Gasteiger partial charge in [0.05, 0.1) is 13.3 Å². The number of aryl methyl sites for hydroxylation is 1. The largest absolute Gasteiger partial charge is 0.493 e. The summed E-state index contributed by atoms with van der Waals surface area (Å²) < 4.78 is 10.8. The minimum Gasteiger partial charge on any atom is -0.493 e. The topological polar surface area (TPSA) is 69.2 Å². The molecule has 0 aliphatic rings. The van der Waals surface area contributed by atoms with Crippen LogP contribution in [0.25, 0.3) is 0 Å². The van der Waals surface area contributed by atoms with E-state index in [0.29, 0.717) is 37.5 Å². The molecule has 0 aliphatic heterocycles. The van der Waals surface area contributed by atoms with E-state index in [1.165, 1.54) is 0 Å². The molecule has 3 aromatic carbocycles. The maximum Gasteiger partial charge on any atom is 0.220 e. The van der Waals surface area contributed by atoms with Crippen molar-refractivity contribution in [3.63, 3.8) is 0 Å². The summed E-state index contributed by atoms with van der Waals surface area (Å²) in [6, 6.07) is 23.2. The lowest BCUT2D eigenvalue weighted by Crippen LogP contribution is -2.23. The summed E-state index contributed by atoms with van der Waals surface area (Å²) >= 11 is 0. The number of rotatable bonds is 12. The highest BCUT2D eigenvalue weighted by atomic mass is 16.6. The van der Waals surface area contributed by atoms with Crippen molar-refractivity contribution in [1.82, 2.24) is 5.32 Å². The Hall–Kier alpha value is -4.24. The molecule has 0 unspecified atom stereocenters. The first-order valence-electron chi connectivity index (χ1n) is 11.0. The Balaban J connectivity index is 1.40. The van der Waals surface area contributed by atoms with E-state index >= 15 is 0 Å². The van der Waals surface area contributed by atoms with E-state index in [-0.39, 0.29) is 12.5 Å². The van der Waals surface area contributed by atoms with Gasteiger partial charge >= 0.3 is 0 Å². The average Bonchev–Trinajstić information content (AvgIpc) is 2.89. The molecule has 6 nitrogen and oxygen atoms in total. The van der Waals surface area contributed by atoms with Gasteiger partial charge in [-0.1, -0.05) is 71.7 Å². The van der Waals surface area contributed by atoms with Gasteiger partial charge in [-0.15, -0.1) is 6.42 Å². The molecule has 0 fully saturated rings. The Labute approximate surface area is 200 Å². The van der Waals surface area contributed by atoms with Crippen LogP contribution < -0.4 is 14.8 Å². The molecule has 0 bridgehead atoms. The van der Waals surface area contributed by atoms with Crippen molar-refractivity contribution >= 4 is 12.1 Å². The quantitative estimate of drug-likeness (QED) is 0.247. The average molecular weight is 457 g/mol. The third-order valence-electron chi connectivity index (χ3n) is 5.00. The Morgan fingerprint density at radius 1 is 1.00 bits per heavy atom. The molecule has 174 valence electrons. The molecule has 3 aromatic rings. The lowest BCUT2D eigenvalue weighted by molar-refractivity contribution is -0.121. The molecule has 0 atom stereocenters. The number of hydrogen-bond acceptors (Lipinski definition) is 5. The van der Waals surface area contributed by atoms with Crippen LogP contribution in [0.1, 0.15) is 28.7 Å². The van der Waals surface area contributed by atoms with Crippen LogP contribution in [0.15, 0.2) is 78.0 Å². The Morgan fingerprint density at radius 3 is 2.50 bits per heavy atom. The van der Waals surface area contributed by atoms with E-state index in [9.17, 15) is 4.79 Å². The van der Waals surface area contributed by atoms with Crippen molar-refractivity contribution in [1.29, 1.82) is 0 Å². The highest BCUT2D eigenvalue weighted by Crippen LogP contribution is 2.28. The lowest BCUT2D eigenvalue weighted by Gasteiger charge is -2.11.